The van der Waals surface area contributed by atoms with Gasteiger partial charge in [-0.15, -0.1) is 4.73 Å². The summed E-state index contributed by atoms with van der Waals surface area (Å²) >= 11 is 3.20. The van der Waals surface area contributed by atoms with Gasteiger partial charge in [-0.3, -0.25) is 4.79 Å². The lowest BCUT2D eigenvalue weighted by Gasteiger charge is -2.16. The smallest absolute Gasteiger partial charge is 0.297 e. The Balaban J connectivity index is 2.69. The number of anilines is 1. The normalized spacial score (nSPS) is 11.2. The number of aromatic nitrogens is 1. The molecule has 0 bridgehead atoms. The fourth-order valence-electron chi connectivity index (χ4n) is 1.96. The van der Waals surface area contributed by atoms with E-state index in [1.165, 1.54) is 25.5 Å². The number of nitrogens with one attached hydrogen (secondary N) is 2. The fourth-order valence-corrected chi connectivity index (χ4v) is 2.35. The Morgan fingerprint density at radius 3 is 2.61 bits per heavy atom. The standard InChI is InChI=1S/C16H15BrFN3O2/c1-10(8-19)9-20-14-7-13(17)16(22)21(23-2)15(14)11-3-5-12(18)6-4-11/h3-9,19-20H,1-2H3/b10-9-,19-8?. The average molecular weight is 380 g/mol. The van der Waals surface area contributed by atoms with Crippen LogP contribution in [0.1, 0.15) is 6.92 Å². The van der Waals surface area contributed by atoms with Gasteiger partial charge in [0.05, 0.1) is 10.2 Å². The first-order chi connectivity index (χ1) is 11.0. The van der Waals surface area contributed by atoms with Crippen molar-refractivity contribution in [1.82, 2.24) is 4.73 Å². The van der Waals surface area contributed by atoms with Gasteiger partial charge in [0.1, 0.15) is 18.6 Å². The van der Waals surface area contributed by atoms with Gasteiger partial charge in [-0.1, -0.05) is 0 Å². The first kappa shape index (κ1) is 17.0. The summed E-state index contributed by atoms with van der Waals surface area (Å²) in [6.07, 6.45) is 2.83. The highest BCUT2D eigenvalue weighted by Crippen LogP contribution is 2.28. The number of hydrogen-bond acceptors (Lipinski definition) is 4. The van der Waals surface area contributed by atoms with Crippen LogP contribution in [0.15, 0.2) is 51.4 Å². The number of benzene rings is 1. The Labute approximate surface area is 141 Å². The molecule has 0 amide bonds. The molecule has 0 atom stereocenters. The lowest BCUT2D eigenvalue weighted by Crippen LogP contribution is -2.27. The van der Waals surface area contributed by atoms with Crippen molar-refractivity contribution in [3.8, 4) is 11.3 Å². The lowest BCUT2D eigenvalue weighted by molar-refractivity contribution is 0.161. The average Bonchev–Trinajstić information content (AvgIpc) is 2.56. The fraction of sp³-hybridized carbons (Fsp3) is 0.125. The van der Waals surface area contributed by atoms with Gasteiger partial charge >= 0.3 is 0 Å². The predicted octanol–water partition coefficient (Wildman–Crippen LogP) is 3.44. The van der Waals surface area contributed by atoms with E-state index in [0.717, 1.165) is 4.73 Å². The molecule has 120 valence electrons. The van der Waals surface area contributed by atoms with Gasteiger partial charge in [0.15, 0.2) is 0 Å². The summed E-state index contributed by atoms with van der Waals surface area (Å²) in [5, 5.41) is 10.2. The first-order valence-corrected chi connectivity index (χ1v) is 7.47. The molecule has 0 unspecified atom stereocenters. The second-order valence-corrected chi connectivity index (χ2v) is 5.57. The van der Waals surface area contributed by atoms with Gasteiger partial charge in [-0.25, -0.2) is 4.39 Å². The summed E-state index contributed by atoms with van der Waals surface area (Å²) in [5.41, 5.74) is 1.97. The van der Waals surface area contributed by atoms with Gasteiger partial charge in [0, 0.05) is 18.0 Å². The molecule has 0 aliphatic rings. The highest BCUT2D eigenvalue weighted by atomic mass is 79.9. The van der Waals surface area contributed by atoms with E-state index in [9.17, 15) is 9.18 Å². The number of halogens is 2. The monoisotopic (exact) mass is 379 g/mol. The predicted molar refractivity (Wildman–Crippen MR) is 92.5 cm³/mol. The second kappa shape index (κ2) is 7.23. The molecule has 1 aromatic heterocycles. The third-order valence-electron chi connectivity index (χ3n) is 3.10. The molecule has 0 spiro atoms. The molecule has 2 N–H and O–H groups in total. The summed E-state index contributed by atoms with van der Waals surface area (Å²) < 4.78 is 14.6. The Morgan fingerprint density at radius 1 is 1.39 bits per heavy atom. The Kier molecular flexibility index (Phi) is 5.33. The molecular formula is C16H15BrFN3O2. The Bertz CT molecular complexity index is 813. The number of nitrogens with zero attached hydrogens (tertiary/aromatic N) is 1. The molecule has 23 heavy (non-hydrogen) atoms. The van der Waals surface area contributed by atoms with Crippen LogP contribution in [-0.2, 0) is 0 Å². The molecule has 2 rings (SSSR count). The third-order valence-corrected chi connectivity index (χ3v) is 3.67. The zero-order valence-corrected chi connectivity index (χ0v) is 14.1. The van der Waals surface area contributed by atoms with E-state index in [1.54, 1.807) is 31.3 Å². The number of rotatable bonds is 5. The number of hydrogen-bond donors (Lipinski definition) is 2. The van der Waals surface area contributed by atoms with Gasteiger partial charge in [-0.2, -0.15) is 0 Å². The molecule has 5 nitrogen and oxygen atoms in total. The lowest BCUT2D eigenvalue weighted by atomic mass is 10.1. The van der Waals surface area contributed by atoms with Crippen LogP contribution >= 0.6 is 15.9 Å². The van der Waals surface area contributed by atoms with Crippen molar-refractivity contribution in [2.75, 3.05) is 12.4 Å². The van der Waals surface area contributed by atoms with Gasteiger partial charge in [0.25, 0.3) is 5.56 Å². The van der Waals surface area contributed by atoms with Crippen LogP contribution in [0.25, 0.3) is 11.3 Å². The van der Waals surface area contributed by atoms with E-state index in [1.807, 2.05) is 0 Å². The van der Waals surface area contributed by atoms with Gasteiger partial charge in [-0.05, 0) is 58.8 Å². The molecule has 0 saturated heterocycles. The van der Waals surface area contributed by atoms with Crippen molar-refractivity contribution in [3.05, 3.63) is 62.7 Å². The minimum Gasteiger partial charge on any atom is -0.413 e. The van der Waals surface area contributed by atoms with Crippen LogP contribution in [0.3, 0.4) is 0 Å². The zero-order chi connectivity index (χ0) is 17.0. The van der Waals surface area contributed by atoms with Crippen molar-refractivity contribution < 1.29 is 9.23 Å². The van der Waals surface area contributed by atoms with Crippen molar-refractivity contribution in [2.24, 2.45) is 0 Å². The molecule has 0 aliphatic heterocycles. The van der Waals surface area contributed by atoms with Crippen molar-refractivity contribution in [3.63, 3.8) is 0 Å². The topological polar surface area (TPSA) is 67.1 Å². The summed E-state index contributed by atoms with van der Waals surface area (Å²) in [4.78, 5) is 17.4. The summed E-state index contributed by atoms with van der Waals surface area (Å²) in [6, 6.07) is 7.36. The van der Waals surface area contributed by atoms with Crippen LogP contribution in [0.4, 0.5) is 10.1 Å². The van der Waals surface area contributed by atoms with E-state index in [4.69, 9.17) is 10.2 Å². The SMILES string of the molecule is COn1c(-c2ccc(F)cc2)c(N/C=C(/C)C=N)cc(Br)c1=O. The Hall–Kier alpha value is -2.41. The number of pyridine rings is 1. The highest BCUT2D eigenvalue weighted by Gasteiger charge is 2.16. The van der Waals surface area contributed by atoms with E-state index in [2.05, 4.69) is 21.2 Å². The minimum absolute atomic E-state index is 0.314. The molecule has 0 fully saturated rings. The molecule has 7 heteroatoms. The van der Waals surface area contributed by atoms with E-state index in [0.29, 0.717) is 27.0 Å². The second-order valence-electron chi connectivity index (χ2n) is 4.72. The van der Waals surface area contributed by atoms with E-state index in [-0.39, 0.29) is 11.4 Å². The molecular weight excluding hydrogens is 365 g/mol. The quantitative estimate of drug-likeness (QED) is 0.781. The zero-order valence-electron chi connectivity index (χ0n) is 12.6. The van der Waals surface area contributed by atoms with Crippen LogP contribution in [0.5, 0.6) is 0 Å². The van der Waals surface area contributed by atoms with Crippen molar-refractivity contribution in [1.29, 1.82) is 5.41 Å². The highest BCUT2D eigenvalue weighted by molar-refractivity contribution is 9.10. The Morgan fingerprint density at radius 2 is 2.04 bits per heavy atom. The third kappa shape index (κ3) is 3.68. The number of allylic oxidation sites excluding steroid dienone is 1. The maximum absolute atomic E-state index is 13.2. The molecule has 1 aromatic carbocycles. The van der Waals surface area contributed by atoms with Crippen molar-refractivity contribution >= 4 is 27.8 Å². The largest absolute Gasteiger partial charge is 0.413 e. The maximum Gasteiger partial charge on any atom is 0.297 e. The van der Waals surface area contributed by atoms with Gasteiger partial charge < -0.3 is 15.6 Å². The van der Waals surface area contributed by atoms with E-state index >= 15 is 0 Å². The minimum atomic E-state index is -0.370. The summed E-state index contributed by atoms with van der Waals surface area (Å²) in [7, 11) is 1.38. The molecule has 0 radical (unpaired) electrons. The molecule has 0 aliphatic carbocycles. The van der Waals surface area contributed by atoms with E-state index < -0.39 is 0 Å². The molecule has 0 saturated carbocycles. The molecule has 2 aromatic rings. The van der Waals surface area contributed by atoms with Crippen LogP contribution in [0.2, 0.25) is 0 Å². The van der Waals surface area contributed by atoms with Crippen LogP contribution < -0.4 is 15.7 Å². The van der Waals surface area contributed by atoms with Crippen molar-refractivity contribution in [2.45, 2.75) is 6.92 Å². The van der Waals surface area contributed by atoms with Gasteiger partial charge in [0.2, 0.25) is 0 Å². The maximum atomic E-state index is 13.2. The summed E-state index contributed by atoms with van der Waals surface area (Å²) in [6.45, 7) is 1.76. The first-order valence-electron chi connectivity index (χ1n) is 6.67. The van der Waals surface area contributed by atoms with Crippen LogP contribution in [0, 0.1) is 11.2 Å². The summed E-state index contributed by atoms with van der Waals surface area (Å²) in [5.74, 6) is -0.369. The van der Waals surface area contributed by atoms with Crippen LogP contribution in [-0.4, -0.2) is 18.1 Å². The molecule has 1 heterocycles.